The van der Waals surface area contributed by atoms with Gasteiger partial charge in [-0.25, -0.2) is 0 Å². The third kappa shape index (κ3) is 2.90. The van der Waals surface area contributed by atoms with Crippen LogP contribution in [0.3, 0.4) is 0 Å². The molecule has 0 aliphatic carbocycles. The van der Waals surface area contributed by atoms with Gasteiger partial charge in [0, 0.05) is 37.1 Å². The number of rotatable bonds is 3. The van der Waals surface area contributed by atoms with Crippen LogP contribution in [0.15, 0.2) is 17.5 Å². The summed E-state index contributed by atoms with van der Waals surface area (Å²) < 4.78 is 0. The Hall–Kier alpha value is -0.910. The second-order valence-corrected chi connectivity index (χ2v) is 6.76. The maximum absolute atomic E-state index is 12.6. The van der Waals surface area contributed by atoms with Gasteiger partial charge in [-0.05, 0) is 31.2 Å². The molecule has 1 amide bonds. The molecular weight excluding hydrogens is 270 g/mol. The van der Waals surface area contributed by atoms with Crippen molar-refractivity contribution in [3.05, 3.63) is 22.4 Å². The van der Waals surface area contributed by atoms with Crippen LogP contribution in [0.25, 0.3) is 0 Å². The first-order valence-electron chi connectivity index (χ1n) is 7.53. The Balaban J connectivity index is 1.64. The zero-order valence-electron chi connectivity index (χ0n) is 12.0. The van der Waals surface area contributed by atoms with Crippen molar-refractivity contribution in [2.45, 2.75) is 31.8 Å². The minimum atomic E-state index is 0.301. The van der Waals surface area contributed by atoms with Gasteiger partial charge in [-0.1, -0.05) is 6.07 Å². The molecule has 1 N–H and O–H groups in total. The predicted molar refractivity (Wildman–Crippen MR) is 81.9 cm³/mol. The molecule has 110 valence electrons. The van der Waals surface area contributed by atoms with Crippen molar-refractivity contribution in [2.24, 2.45) is 0 Å². The SMILES string of the molecule is C[C@@H]1CNCCN1CC(=O)N1CCCC1c1cccs1. The minimum absolute atomic E-state index is 0.301. The molecule has 20 heavy (non-hydrogen) atoms. The lowest BCUT2D eigenvalue weighted by Gasteiger charge is -2.35. The molecule has 1 unspecified atom stereocenters. The van der Waals surface area contributed by atoms with Crippen molar-refractivity contribution >= 4 is 17.2 Å². The van der Waals surface area contributed by atoms with Gasteiger partial charge in [0.25, 0.3) is 0 Å². The van der Waals surface area contributed by atoms with Crippen LogP contribution >= 0.6 is 11.3 Å². The van der Waals surface area contributed by atoms with Crippen LogP contribution in [0.5, 0.6) is 0 Å². The van der Waals surface area contributed by atoms with E-state index in [0.717, 1.165) is 39.0 Å². The van der Waals surface area contributed by atoms with Crippen molar-refractivity contribution in [3.63, 3.8) is 0 Å². The van der Waals surface area contributed by atoms with Crippen molar-refractivity contribution in [3.8, 4) is 0 Å². The molecule has 3 rings (SSSR count). The molecule has 3 heterocycles. The fourth-order valence-corrected chi connectivity index (χ4v) is 4.10. The van der Waals surface area contributed by atoms with Crippen LogP contribution < -0.4 is 5.32 Å². The highest BCUT2D eigenvalue weighted by Crippen LogP contribution is 2.34. The molecule has 2 atom stereocenters. The first kappa shape index (κ1) is 14.0. The van der Waals surface area contributed by atoms with Gasteiger partial charge < -0.3 is 10.2 Å². The molecule has 0 bridgehead atoms. The standard InChI is InChI=1S/C15H23N3OS/c1-12-10-16-6-8-17(12)11-15(19)18-7-2-4-13(18)14-5-3-9-20-14/h3,5,9,12-13,16H,2,4,6-8,10-11H2,1H3/t12-,13?/m1/s1. The Morgan fingerprint density at radius 2 is 2.40 bits per heavy atom. The average molecular weight is 293 g/mol. The highest BCUT2D eigenvalue weighted by atomic mass is 32.1. The summed E-state index contributed by atoms with van der Waals surface area (Å²) in [5.41, 5.74) is 0. The van der Waals surface area contributed by atoms with Crippen molar-refractivity contribution in [1.82, 2.24) is 15.1 Å². The molecule has 5 heteroatoms. The zero-order valence-corrected chi connectivity index (χ0v) is 12.9. The van der Waals surface area contributed by atoms with Gasteiger partial charge >= 0.3 is 0 Å². The number of likely N-dealkylation sites (tertiary alicyclic amines) is 1. The van der Waals surface area contributed by atoms with Gasteiger partial charge in [0.2, 0.25) is 5.91 Å². The molecule has 2 aliphatic rings. The topological polar surface area (TPSA) is 35.6 Å². The Bertz CT molecular complexity index is 448. The predicted octanol–water partition coefficient (Wildman–Crippen LogP) is 1.71. The van der Waals surface area contributed by atoms with E-state index in [1.54, 1.807) is 11.3 Å². The minimum Gasteiger partial charge on any atom is -0.334 e. The number of hydrogen-bond acceptors (Lipinski definition) is 4. The van der Waals surface area contributed by atoms with E-state index in [2.05, 4.69) is 39.6 Å². The maximum Gasteiger partial charge on any atom is 0.237 e. The van der Waals surface area contributed by atoms with Crippen LogP contribution in [-0.2, 0) is 4.79 Å². The molecule has 2 saturated heterocycles. The van der Waals surface area contributed by atoms with Crippen molar-refractivity contribution in [2.75, 3.05) is 32.7 Å². The fourth-order valence-electron chi connectivity index (χ4n) is 3.22. The highest BCUT2D eigenvalue weighted by Gasteiger charge is 2.32. The molecular formula is C15H23N3OS. The summed E-state index contributed by atoms with van der Waals surface area (Å²) in [6.07, 6.45) is 2.24. The van der Waals surface area contributed by atoms with Gasteiger partial charge in [0.1, 0.15) is 0 Å². The fraction of sp³-hybridized carbons (Fsp3) is 0.667. The quantitative estimate of drug-likeness (QED) is 0.921. The number of hydrogen-bond donors (Lipinski definition) is 1. The van der Waals surface area contributed by atoms with E-state index in [9.17, 15) is 4.79 Å². The lowest BCUT2D eigenvalue weighted by Crippen LogP contribution is -2.53. The summed E-state index contributed by atoms with van der Waals surface area (Å²) in [5.74, 6) is 0.301. The molecule has 0 spiro atoms. The number of carbonyl (C=O) groups is 1. The Morgan fingerprint density at radius 3 is 3.15 bits per heavy atom. The number of piperazine rings is 1. The van der Waals surface area contributed by atoms with E-state index >= 15 is 0 Å². The number of nitrogens with zero attached hydrogens (tertiary/aromatic N) is 2. The second kappa shape index (κ2) is 6.24. The molecule has 1 aromatic heterocycles. The van der Waals surface area contributed by atoms with Crippen LogP contribution in [0.1, 0.15) is 30.7 Å². The Morgan fingerprint density at radius 1 is 1.50 bits per heavy atom. The molecule has 4 nitrogen and oxygen atoms in total. The van der Waals surface area contributed by atoms with E-state index < -0.39 is 0 Å². The van der Waals surface area contributed by atoms with E-state index in [0.29, 0.717) is 24.5 Å². The van der Waals surface area contributed by atoms with Gasteiger partial charge in [0.05, 0.1) is 12.6 Å². The van der Waals surface area contributed by atoms with Gasteiger partial charge in [-0.3, -0.25) is 9.69 Å². The number of carbonyl (C=O) groups excluding carboxylic acids is 1. The number of amides is 1. The van der Waals surface area contributed by atoms with Crippen LogP contribution in [0.2, 0.25) is 0 Å². The van der Waals surface area contributed by atoms with Crippen LogP contribution in [0, 0.1) is 0 Å². The monoisotopic (exact) mass is 293 g/mol. The summed E-state index contributed by atoms with van der Waals surface area (Å²) in [4.78, 5) is 18.4. The summed E-state index contributed by atoms with van der Waals surface area (Å²) in [6, 6.07) is 5.02. The summed E-state index contributed by atoms with van der Waals surface area (Å²) >= 11 is 1.77. The van der Waals surface area contributed by atoms with Crippen LogP contribution in [0.4, 0.5) is 0 Å². The van der Waals surface area contributed by atoms with E-state index in [-0.39, 0.29) is 0 Å². The molecule has 0 aromatic carbocycles. The average Bonchev–Trinajstić information content (AvgIpc) is 3.11. The first-order chi connectivity index (χ1) is 9.75. The third-order valence-corrected chi connectivity index (χ3v) is 5.40. The van der Waals surface area contributed by atoms with Crippen molar-refractivity contribution < 1.29 is 4.79 Å². The highest BCUT2D eigenvalue weighted by molar-refractivity contribution is 7.10. The van der Waals surface area contributed by atoms with Gasteiger partial charge in [-0.2, -0.15) is 0 Å². The lowest BCUT2D eigenvalue weighted by molar-refractivity contribution is -0.134. The molecule has 0 saturated carbocycles. The van der Waals surface area contributed by atoms with E-state index in [1.165, 1.54) is 4.88 Å². The maximum atomic E-state index is 12.6. The summed E-state index contributed by atoms with van der Waals surface area (Å²) in [6.45, 7) is 6.64. The second-order valence-electron chi connectivity index (χ2n) is 5.78. The molecule has 2 aliphatic heterocycles. The van der Waals surface area contributed by atoms with Crippen molar-refractivity contribution in [1.29, 1.82) is 0 Å². The third-order valence-electron chi connectivity index (χ3n) is 4.42. The Labute approximate surface area is 124 Å². The number of nitrogens with one attached hydrogen (secondary N) is 1. The first-order valence-corrected chi connectivity index (χ1v) is 8.41. The number of thiophene rings is 1. The smallest absolute Gasteiger partial charge is 0.237 e. The lowest BCUT2D eigenvalue weighted by atomic mass is 10.2. The zero-order chi connectivity index (χ0) is 13.9. The largest absolute Gasteiger partial charge is 0.334 e. The molecule has 2 fully saturated rings. The van der Waals surface area contributed by atoms with E-state index in [4.69, 9.17) is 0 Å². The Kier molecular flexibility index (Phi) is 4.38. The van der Waals surface area contributed by atoms with Gasteiger partial charge in [0.15, 0.2) is 0 Å². The molecule has 1 aromatic rings. The summed E-state index contributed by atoms with van der Waals surface area (Å²) in [5, 5.41) is 5.48. The van der Waals surface area contributed by atoms with Crippen LogP contribution in [-0.4, -0.2) is 54.5 Å². The summed E-state index contributed by atoms with van der Waals surface area (Å²) in [7, 11) is 0. The molecule has 0 radical (unpaired) electrons. The normalized spacial score (nSPS) is 27.9. The van der Waals surface area contributed by atoms with Gasteiger partial charge in [-0.15, -0.1) is 11.3 Å². The van der Waals surface area contributed by atoms with E-state index in [1.807, 2.05) is 0 Å².